The predicted octanol–water partition coefficient (Wildman–Crippen LogP) is 5.02. The highest BCUT2D eigenvalue weighted by Gasteiger charge is 2.21. The molecule has 0 radical (unpaired) electrons. The average molecular weight is 417 g/mol. The van der Waals surface area contributed by atoms with Crippen LogP contribution in [0, 0.1) is 5.82 Å². The Morgan fingerprint density at radius 3 is 2.55 bits per heavy atom. The number of nitrogens with one attached hydrogen (secondary N) is 1. The van der Waals surface area contributed by atoms with Crippen molar-refractivity contribution in [2.24, 2.45) is 0 Å². The van der Waals surface area contributed by atoms with Gasteiger partial charge in [-0.1, -0.05) is 18.9 Å². The minimum Gasteiger partial charge on any atom is -0.367 e. The summed E-state index contributed by atoms with van der Waals surface area (Å²) in [7, 11) is 3.83. The zero-order valence-electron chi connectivity index (χ0n) is 17.7. The minimum absolute atomic E-state index is 0.269. The van der Waals surface area contributed by atoms with Crippen LogP contribution < -0.4 is 10.2 Å². The first-order valence-electron chi connectivity index (χ1n) is 10.6. The normalized spacial score (nSPS) is 14.3. The van der Waals surface area contributed by atoms with Crippen molar-refractivity contribution < 1.29 is 4.39 Å². The van der Waals surface area contributed by atoms with Gasteiger partial charge in [0.25, 0.3) is 0 Å². The van der Waals surface area contributed by atoms with Gasteiger partial charge in [0.2, 0.25) is 5.95 Å². The summed E-state index contributed by atoms with van der Waals surface area (Å²) in [5.74, 6) is 1.32. The van der Waals surface area contributed by atoms with Gasteiger partial charge in [0.05, 0.1) is 16.8 Å². The number of halogens is 1. The van der Waals surface area contributed by atoms with Crippen molar-refractivity contribution in [3.63, 3.8) is 0 Å². The molecule has 6 nitrogen and oxygen atoms in total. The van der Waals surface area contributed by atoms with Crippen LogP contribution in [0.25, 0.3) is 28.0 Å². The molecule has 0 atom stereocenters. The van der Waals surface area contributed by atoms with E-state index < -0.39 is 0 Å². The maximum atomic E-state index is 13.6. The number of aromatic nitrogens is 4. The SMILES string of the molecule is CN(C)c1nccc(-c2c(-c3ccc(F)cc3)nn3c(NC4CCCC4)cccc23)n1. The molecule has 4 aromatic rings. The molecule has 0 unspecified atom stereocenters. The van der Waals surface area contributed by atoms with E-state index in [0.29, 0.717) is 12.0 Å². The fourth-order valence-corrected chi connectivity index (χ4v) is 4.22. The maximum absolute atomic E-state index is 13.6. The summed E-state index contributed by atoms with van der Waals surface area (Å²) >= 11 is 0. The highest BCUT2D eigenvalue weighted by atomic mass is 19.1. The van der Waals surface area contributed by atoms with Gasteiger partial charge < -0.3 is 10.2 Å². The average Bonchev–Trinajstić information content (AvgIpc) is 3.42. The Labute approximate surface area is 180 Å². The molecule has 158 valence electrons. The van der Waals surface area contributed by atoms with Crippen molar-refractivity contribution in [1.82, 2.24) is 19.6 Å². The number of benzene rings is 1. The number of pyridine rings is 1. The summed E-state index contributed by atoms with van der Waals surface area (Å²) in [4.78, 5) is 11.0. The molecule has 7 heteroatoms. The fraction of sp³-hybridized carbons (Fsp3) is 0.292. The predicted molar refractivity (Wildman–Crippen MR) is 122 cm³/mol. The molecule has 1 aromatic carbocycles. The van der Waals surface area contributed by atoms with E-state index in [9.17, 15) is 4.39 Å². The topological polar surface area (TPSA) is 58.4 Å². The third-order valence-electron chi connectivity index (χ3n) is 5.78. The first-order valence-corrected chi connectivity index (χ1v) is 10.6. The van der Waals surface area contributed by atoms with Crippen molar-refractivity contribution in [2.75, 3.05) is 24.3 Å². The number of rotatable bonds is 5. The number of hydrogen-bond acceptors (Lipinski definition) is 5. The Balaban J connectivity index is 1.72. The van der Waals surface area contributed by atoms with E-state index in [2.05, 4.69) is 16.4 Å². The van der Waals surface area contributed by atoms with Gasteiger partial charge in [-0.25, -0.2) is 18.9 Å². The molecule has 1 saturated carbocycles. The van der Waals surface area contributed by atoms with Gasteiger partial charge in [0.1, 0.15) is 17.3 Å². The molecular weight excluding hydrogens is 391 g/mol. The second-order valence-corrected chi connectivity index (χ2v) is 8.20. The quantitative estimate of drug-likeness (QED) is 0.495. The lowest BCUT2D eigenvalue weighted by Gasteiger charge is -2.14. The lowest BCUT2D eigenvalue weighted by Crippen LogP contribution is -2.17. The number of nitrogens with zero attached hydrogens (tertiary/aromatic N) is 5. The Morgan fingerprint density at radius 2 is 1.81 bits per heavy atom. The van der Waals surface area contributed by atoms with Crippen LogP contribution in [-0.4, -0.2) is 39.7 Å². The molecule has 0 aliphatic heterocycles. The number of fused-ring (bicyclic) bond motifs is 1. The number of anilines is 2. The van der Waals surface area contributed by atoms with Crippen LogP contribution in [0.15, 0.2) is 54.7 Å². The van der Waals surface area contributed by atoms with Crippen molar-refractivity contribution >= 4 is 17.3 Å². The molecule has 1 N–H and O–H groups in total. The van der Waals surface area contributed by atoms with Crippen molar-refractivity contribution in [3.8, 4) is 22.5 Å². The van der Waals surface area contributed by atoms with Gasteiger partial charge in [-0.15, -0.1) is 0 Å². The van der Waals surface area contributed by atoms with Crippen LogP contribution in [0.1, 0.15) is 25.7 Å². The van der Waals surface area contributed by atoms with Crippen molar-refractivity contribution in [3.05, 3.63) is 60.5 Å². The van der Waals surface area contributed by atoms with Gasteiger partial charge in [-0.05, 0) is 55.3 Å². The summed E-state index contributed by atoms with van der Waals surface area (Å²) in [5.41, 5.74) is 4.25. The molecule has 0 saturated heterocycles. The third-order valence-corrected chi connectivity index (χ3v) is 5.78. The largest absolute Gasteiger partial charge is 0.367 e. The van der Waals surface area contributed by atoms with E-state index in [4.69, 9.17) is 10.1 Å². The molecule has 1 aliphatic carbocycles. The molecule has 5 rings (SSSR count). The van der Waals surface area contributed by atoms with Gasteiger partial charge >= 0.3 is 0 Å². The van der Waals surface area contributed by atoms with E-state index in [1.807, 2.05) is 41.7 Å². The lowest BCUT2D eigenvalue weighted by atomic mass is 10.0. The van der Waals surface area contributed by atoms with Gasteiger partial charge in [0.15, 0.2) is 0 Å². The van der Waals surface area contributed by atoms with Gasteiger partial charge in [-0.3, -0.25) is 0 Å². The minimum atomic E-state index is -0.269. The molecule has 0 amide bonds. The summed E-state index contributed by atoms with van der Waals surface area (Å²) in [6.07, 6.45) is 6.62. The van der Waals surface area contributed by atoms with E-state index in [1.165, 1.54) is 37.8 Å². The number of hydrogen-bond donors (Lipinski definition) is 1. The monoisotopic (exact) mass is 416 g/mol. The summed E-state index contributed by atoms with van der Waals surface area (Å²) < 4.78 is 15.6. The molecule has 1 aliphatic rings. The van der Waals surface area contributed by atoms with Crippen LogP contribution in [0.2, 0.25) is 0 Å². The van der Waals surface area contributed by atoms with E-state index >= 15 is 0 Å². The summed E-state index contributed by atoms with van der Waals surface area (Å²) in [6.45, 7) is 0. The zero-order chi connectivity index (χ0) is 21.4. The maximum Gasteiger partial charge on any atom is 0.225 e. The Kier molecular flexibility index (Phi) is 5.02. The van der Waals surface area contributed by atoms with Crippen molar-refractivity contribution in [1.29, 1.82) is 0 Å². The highest BCUT2D eigenvalue weighted by molar-refractivity contribution is 5.91. The van der Waals surface area contributed by atoms with Crippen molar-refractivity contribution in [2.45, 2.75) is 31.7 Å². The van der Waals surface area contributed by atoms with Gasteiger partial charge in [-0.2, -0.15) is 5.10 Å². The Hall–Kier alpha value is -3.48. The first kappa shape index (κ1) is 19.5. The smallest absolute Gasteiger partial charge is 0.225 e. The van der Waals surface area contributed by atoms with Crippen LogP contribution in [0.5, 0.6) is 0 Å². The standard InChI is InChI=1S/C24H25FN6/c1-30(2)24-26-15-14-19(28-24)22-20-8-5-9-21(27-18-6-3-4-7-18)31(20)29-23(22)16-10-12-17(25)13-11-16/h5,8-15,18,27H,3-4,6-7H2,1-2H3. The second kappa shape index (κ2) is 7.98. The molecule has 3 aromatic heterocycles. The molecule has 31 heavy (non-hydrogen) atoms. The highest BCUT2D eigenvalue weighted by Crippen LogP contribution is 2.36. The Bertz CT molecular complexity index is 1210. The van der Waals surface area contributed by atoms with Crippen LogP contribution in [-0.2, 0) is 0 Å². The Morgan fingerprint density at radius 1 is 1.03 bits per heavy atom. The molecule has 0 bridgehead atoms. The molecule has 1 fully saturated rings. The third kappa shape index (κ3) is 3.71. The van der Waals surface area contributed by atoms with E-state index in [-0.39, 0.29) is 5.82 Å². The zero-order valence-corrected chi connectivity index (χ0v) is 17.7. The molecule has 3 heterocycles. The van der Waals surface area contributed by atoms with Crippen LogP contribution in [0.4, 0.5) is 16.2 Å². The molecule has 0 spiro atoms. The fourth-order valence-electron chi connectivity index (χ4n) is 4.22. The summed E-state index contributed by atoms with van der Waals surface area (Å²) in [5, 5.41) is 8.63. The lowest BCUT2D eigenvalue weighted by molar-refractivity contribution is 0.628. The molecular formula is C24H25FN6. The van der Waals surface area contributed by atoms with E-state index in [1.54, 1.807) is 18.3 Å². The summed E-state index contributed by atoms with van der Waals surface area (Å²) in [6, 6.07) is 15.0. The van der Waals surface area contributed by atoms with Crippen LogP contribution >= 0.6 is 0 Å². The second-order valence-electron chi connectivity index (χ2n) is 8.20. The van der Waals surface area contributed by atoms with E-state index in [0.717, 1.165) is 33.8 Å². The van der Waals surface area contributed by atoms with Crippen LogP contribution in [0.3, 0.4) is 0 Å². The van der Waals surface area contributed by atoms with Gasteiger partial charge in [0, 0.05) is 31.9 Å². The first-order chi connectivity index (χ1) is 15.1.